The number of nitrogens with zero attached hydrogens (tertiary/aromatic N) is 2. The van der Waals surface area contributed by atoms with Crippen molar-refractivity contribution in [2.45, 2.75) is 19.6 Å². The molecule has 2 N–H and O–H groups in total. The molecule has 0 saturated heterocycles. The fourth-order valence-electron chi connectivity index (χ4n) is 2.57. The van der Waals surface area contributed by atoms with Gasteiger partial charge in [-0.2, -0.15) is 4.57 Å². The summed E-state index contributed by atoms with van der Waals surface area (Å²) < 4.78 is 1.58. The van der Waals surface area contributed by atoms with Crippen molar-refractivity contribution < 1.29 is 19.4 Å². The van der Waals surface area contributed by atoms with Gasteiger partial charge in [-0.3, -0.25) is 14.9 Å². The van der Waals surface area contributed by atoms with Gasteiger partial charge in [0.1, 0.15) is 0 Å². The van der Waals surface area contributed by atoms with Gasteiger partial charge in [-0.05, 0) is 13.0 Å². The first-order chi connectivity index (χ1) is 12.9. The second kappa shape index (κ2) is 9.11. The number of carbonyl (C=O) groups is 1. The lowest BCUT2D eigenvalue weighted by molar-refractivity contribution is -0.692. The maximum absolute atomic E-state index is 13.2. The summed E-state index contributed by atoms with van der Waals surface area (Å²) in [6.45, 7) is 5.41. The lowest BCUT2D eigenvalue weighted by atomic mass is 10.0. The topological polar surface area (TPSA) is 96.3 Å². The van der Waals surface area contributed by atoms with Crippen LogP contribution in [0.3, 0.4) is 0 Å². The Hall–Kier alpha value is -2.97. The zero-order valence-electron chi connectivity index (χ0n) is 14.8. The van der Waals surface area contributed by atoms with Gasteiger partial charge in [0.05, 0.1) is 11.5 Å². The first-order valence-corrected chi connectivity index (χ1v) is 8.58. The summed E-state index contributed by atoms with van der Waals surface area (Å²) in [5.74, 6) is -0.389. The van der Waals surface area contributed by atoms with E-state index in [4.69, 9.17) is 12.2 Å². The Morgan fingerprint density at radius 1 is 1.48 bits per heavy atom. The fourth-order valence-corrected chi connectivity index (χ4v) is 2.89. The molecule has 0 radical (unpaired) electrons. The molecule has 1 aromatic heterocycles. The van der Waals surface area contributed by atoms with Gasteiger partial charge in [0, 0.05) is 35.4 Å². The van der Waals surface area contributed by atoms with Crippen LogP contribution in [0.15, 0.2) is 55.4 Å². The highest BCUT2D eigenvalue weighted by molar-refractivity contribution is 7.80. The van der Waals surface area contributed by atoms with Crippen molar-refractivity contribution in [3.05, 3.63) is 82.2 Å². The molecule has 140 valence electrons. The summed E-state index contributed by atoms with van der Waals surface area (Å²) in [5.41, 5.74) is 1.13. The molecular weight excluding hydrogens is 366 g/mol. The summed E-state index contributed by atoms with van der Waals surface area (Å²) in [4.78, 5) is 24.1. The number of pyridine rings is 1. The second-order valence-electron chi connectivity index (χ2n) is 5.88. The predicted molar refractivity (Wildman–Crippen MR) is 105 cm³/mol. The Bertz CT molecular complexity index is 898. The van der Waals surface area contributed by atoms with Crippen LogP contribution < -0.4 is 9.88 Å². The third kappa shape index (κ3) is 4.81. The van der Waals surface area contributed by atoms with Gasteiger partial charge >= 0.3 is 0 Å². The van der Waals surface area contributed by atoms with Crippen LogP contribution in [-0.2, 0) is 6.61 Å². The molecule has 27 heavy (non-hydrogen) atoms. The molecule has 2 rings (SSSR count). The maximum atomic E-state index is 13.2. The SMILES string of the molecule is C=CCNC(=S)[C@@H](C(=O)c1ccc(C)c([N+](=O)[O-])c1)[n+]1cccc(CO)c1. The highest BCUT2D eigenvalue weighted by atomic mass is 32.1. The van der Waals surface area contributed by atoms with Crippen molar-refractivity contribution in [2.75, 3.05) is 6.54 Å². The minimum atomic E-state index is -0.909. The molecule has 0 amide bonds. The van der Waals surface area contributed by atoms with Gasteiger partial charge in [0.25, 0.3) is 11.7 Å². The number of benzene rings is 1. The summed E-state index contributed by atoms with van der Waals surface area (Å²) in [6, 6.07) is 6.85. The third-order valence-corrected chi connectivity index (χ3v) is 4.34. The predicted octanol–water partition coefficient (Wildman–Crippen LogP) is 2.21. The van der Waals surface area contributed by atoms with E-state index < -0.39 is 11.0 Å². The van der Waals surface area contributed by atoms with E-state index in [0.29, 0.717) is 17.7 Å². The van der Waals surface area contributed by atoms with E-state index in [-0.39, 0.29) is 28.6 Å². The molecule has 0 spiro atoms. The number of hydrogen-bond donors (Lipinski definition) is 2. The number of Topliss-reactive ketones (excluding diaryl/α,β-unsaturated/α-hetero) is 1. The second-order valence-corrected chi connectivity index (χ2v) is 6.32. The van der Waals surface area contributed by atoms with Gasteiger partial charge in [0.15, 0.2) is 17.4 Å². The third-order valence-electron chi connectivity index (χ3n) is 3.97. The molecule has 0 saturated carbocycles. The number of hydrogen-bond acceptors (Lipinski definition) is 5. The average Bonchev–Trinajstić information content (AvgIpc) is 2.66. The summed E-state index contributed by atoms with van der Waals surface area (Å²) in [5, 5.41) is 23.5. The van der Waals surface area contributed by atoms with Crippen LogP contribution in [0.2, 0.25) is 0 Å². The summed E-state index contributed by atoms with van der Waals surface area (Å²) >= 11 is 5.39. The van der Waals surface area contributed by atoms with Gasteiger partial charge in [-0.25, -0.2) is 0 Å². The number of aliphatic hydroxyl groups excluding tert-OH is 1. The number of nitro groups is 1. The molecule has 0 bridgehead atoms. The number of rotatable bonds is 8. The highest BCUT2D eigenvalue weighted by Crippen LogP contribution is 2.21. The Balaban J connectivity index is 2.50. The molecule has 1 aromatic carbocycles. The lowest BCUT2D eigenvalue weighted by Gasteiger charge is -2.14. The smallest absolute Gasteiger partial charge is 0.273 e. The fraction of sp³-hybridized carbons (Fsp3) is 0.211. The van der Waals surface area contributed by atoms with E-state index in [1.165, 1.54) is 12.1 Å². The number of nitrogens with one attached hydrogen (secondary N) is 1. The Morgan fingerprint density at radius 3 is 2.85 bits per heavy atom. The number of ketones is 1. The van der Waals surface area contributed by atoms with Crippen LogP contribution >= 0.6 is 12.2 Å². The van der Waals surface area contributed by atoms with E-state index in [2.05, 4.69) is 11.9 Å². The first kappa shape index (κ1) is 20.3. The molecular formula is C19H20N3O4S+. The average molecular weight is 386 g/mol. The van der Waals surface area contributed by atoms with Crippen LogP contribution in [0.5, 0.6) is 0 Å². The number of aromatic nitrogens is 1. The molecule has 8 heteroatoms. The Morgan fingerprint density at radius 2 is 2.22 bits per heavy atom. The Kier molecular flexibility index (Phi) is 6.86. The lowest BCUT2D eigenvalue weighted by Crippen LogP contribution is -2.51. The number of nitro benzene ring substituents is 1. The molecule has 0 fully saturated rings. The number of aliphatic hydroxyl groups is 1. The normalized spacial score (nSPS) is 11.5. The summed E-state index contributed by atoms with van der Waals surface area (Å²) in [7, 11) is 0. The quantitative estimate of drug-likeness (QED) is 0.180. The number of aryl methyl sites for hydroxylation is 1. The standard InChI is InChI=1S/C19H19N3O4S/c1-3-8-20-19(27)17(21-9-4-5-14(11-21)12-23)18(24)15-7-6-13(2)16(10-15)22(25)26/h3-7,9-11,17,23H,1,8,12H2,2H3/p+1/t17-/m1/s1. The van der Waals surface area contributed by atoms with Crippen molar-refractivity contribution in [3.8, 4) is 0 Å². The van der Waals surface area contributed by atoms with Crippen LogP contribution in [-0.4, -0.2) is 27.3 Å². The van der Waals surface area contributed by atoms with Crippen LogP contribution in [0.1, 0.15) is 27.5 Å². The van der Waals surface area contributed by atoms with Gasteiger partial charge in [-0.1, -0.05) is 30.4 Å². The molecule has 1 heterocycles. The van der Waals surface area contributed by atoms with E-state index >= 15 is 0 Å². The highest BCUT2D eigenvalue weighted by Gasteiger charge is 2.34. The molecule has 7 nitrogen and oxygen atoms in total. The minimum Gasteiger partial charge on any atom is -0.391 e. The van der Waals surface area contributed by atoms with Crippen LogP contribution in [0.25, 0.3) is 0 Å². The largest absolute Gasteiger partial charge is 0.391 e. The van der Waals surface area contributed by atoms with Gasteiger partial charge < -0.3 is 10.4 Å². The van der Waals surface area contributed by atoms with Gasteiger partial charge in [0.2, 0.25) is 5.78 Å². The van der Waals surface area contributed by atoms with Crippen molar-refractivity contribution in [1.82, 2.24) is 5.32 Å². The van der Waals surface area contributed by atoms with Crippen molar-refractivity contribution >= 4 is 28.7 Å². The minimum absolute atomic E-state index is 0.126. The van der Waals surface area contributed by atoms with Crippen molar-refractivity contribution in [3.63, 3.8) is 0 Å². The molecule has 0 aliphatic rings. The zero-order chi connectivity index (χ0) is 20.0. The van der Waals surface area contributed by atoms with E-state index in [0.717, 1.165) is 0 Å². The summed E-state index contributed by atoms with van der Waals surface area (Å²) in [6.07, 6.45) is 4.89. The monoisotopic (exact) mass is 386 g/mol. The van der Waals surface area contributed by atoms with Crippen LogP contribution in [0, 0.1) is 17.0 Å². The van der Waals surface area contributed by atoms with Crippen molar-refractivity contribution in [1.29, 1.82) is 0 Å². The van der Waals surface area contributed by atoms with Crippen LogP contribution in [0.4, 0.5) is 5.69 Å². The van der Waals surface area contributed by atoms with E-state index in [9.17, 15) is 20.0 Å². The molecule has 1 atom stereocenters. The maximum Gasteiger partial charge on any atom is 0.273 e. The molecule has 0 unspecified atom stereocenters. The molecule has 0 aliphatic heterocycles. The number of carbonyl (C=O) groups excluding carboxylic acids is 1. The first-order valence-electron chi connectivity index (χ1n) is 8.17. The zero-order valence-corrected chi connectivity index (χ0v) is 15.6. The van der Waals surface area contributed by atoms with Crippen molar-refractivity contribution in [2.24, 2.45) is 0 Å². The van der Waals surface area contributed by atoms with E-state index in [1.807, 2.05) is 0 Å². The Labute approximate surface area is 162 Å². The molecule has 2 aromatic rings. The number of thiocarbonyl (C=S) groups is 1. The molecule has 0 aliphatic carbocycles. The van der Waals surface area contributed by atoms with Gasteiger partial charge in [-0.15, -0.1) is 6.58 Å². The van der Waals surface area contributed by atoms with E-state index in [1.54, 1.807) is 48.2 Å².